The van der Waals surface area contributed by atoms with Gasteiger partial charge in [0.05, 0.1) is 114 Å². The summed E-state index contributed by atoms with van der Waals surface area (Å²) in [6.45, 7) is 6.06. The van der Waals surface area contributed by atoms with Gasteiger partial charge in [-0.1, -0.05) is 34.6 Å². The van der Waals surface area contributed by atoms with Crippen molar-refractivity contribution >= 4 is 50.7 Å². The van der Waals surface area contributed by atoms with Crippen LogP contribution in [0.5, 0.6) is 0 Å². The van der Waals surface area contributed by atoms with Gasteiger partial charge in [0.25, 0.3) is 0 Å². The molecule has 6 fully saturated rings. The molecular weight excluding hydrogens is 1390 g/mol. The Morgan fingerprint density at radius 2 is 0.696 bits per heavy atom. The summed E-state index contributed by atoms with van der Waals surface area (Å²) in [4.78, 5) is 106. The number of likely N-dealkylation sites (tertiary alicyclic amines) is 3. The van der Waals surface area contributed by atoms with E-state index in [9.17, 15) is 98.7 Å². The first kappa shape index (κ1) is 89.6. The maximum atomic E-state index is 14.0. The average Bonchev–Trinajstić information content (AvgIpc) is 1.69. The number of rotatable bonds is 45. The molecule has 6 aliphatic rings. The Hall–Kier alpha value is -3.04. The summed E-state index contributed by atoms with van der Waals surface area (Å²) in [7, 11) is -8.54. The number of ether oxygens (including phenoxy) is 7. The molecule has 8 unspecified atom stereocenters. The smallest absolute Gasteiger partial charge is 0.394 e. The third kappa shape index (κ3) is 28.2. The molecule has 0 aliphatic carbocycles. The average molecular weight is 1510 g/mol. The van der Waals surface area contributed by atoms with E-state index in [-0.39, 0.29) is 165 Å². The monoisotopic (exact) mass is 1510 g/mol. The van der Waals surface area contributed by atoms with E-state index in [1.807, 2.05) is 13.8 Å². The highest BCUT2D eigenvalue weighted by Gasteiger charge is 2.47. The van der Waals surface area contributed by atoms with Crippen LogP contribution in [-0.4, -0.2) is 307 Å². The van der Waals surface area contributed by atoms with E-state index < -0.39 is 183 Å². The highest BCUT2D eigenvalue weighted by Crippen LogP contribution is 2.50. The Kier molecular flexibility index (Phi) is 39.6. The van der Waals surface area contributed by atoms with Crippen LogP contribution >= 0.6 is 15.6 Å². The van der Waals surface area contributed by atoms with Crippen LogP contribution in [0, 0.1) is 17.8 Å². The second kappa shape index (κ2) is 45.1. The number of amides is 3. The van der Waals surface area contributed by atoms with E-state index in [4.69, 9.17) is 51.3 Å². The maximum Gasteiger partial charge on any atom is 0.472 e. The number of carbonyl (C=O) groups excluding carboxylic acids is 6. The van der Waals surface area contributed by atoms with Crippen LogP contribution < -0.4 is 0 Å². The second-order valence-corrected chi connectivity index (χ2v) is 30.1. The topological polar surface area (TPSA) is 491 Å². The van der Waals surface area contributed by atoms with Gasteiger partial charge in [-0.15, -0.1) is 0 Å². The van der Waals surface area contributed by atoms with Crippen LogP contribution in [0.1, 0.15) is 169 Å². The van der Waals surface area contributed by atoms with Crippen molar-refractivity contribution in [3.63, 3.8) is 0 Å². The summed E-state index contributed by atoms with van der Waals surface area (Å²) >= 11 is 0. The molecule has 102 heavy (non-hydrogen) atoms. The first-order valence-electron chi connectivity index (χ1n) is 36.1. The highest BCUT2D eigenvalue weighted by molar-refractivity contribution is 7.47. The van der Waals surface area contributed by atoms with Crippen LogP contribution in [0.3, 0.4) is 0 Å². The Balaban J connectivity index is 0.00000928. The molecule has 6 saturated heterocycles. The van der Waals surface area contributed by atoms with Gasteiger partial charge in [0, 0.05) is 102 Å². The molecule has 0 spiro atoms. The molecule has 0 radical (unpaired) electrons. The number of phosphoric acid groups is 2. The molecule has 12 N–H and O–H groups in total. The molecule has 0 aromatic carbocycles. The van der Waals surface area contributed by atoms with Crippen molar-refractivity contribution in [3.8, 4) is 0 Å². The van der Waals surface area contributed by atoms with Crippen molar-refractivity contribution in [3.05, 3.63) is 0 Å². The Labute approximate surface area is 597 Å². The summed E-state index contributed by atoms with van der Waals surface area (Å²) < 4.78 is 88.7. The number of hydrogen-bond acceptors (Lipinski definition) is 29. The third-order valence-corrected chi connectivity index (χ3v) is 21.5. The van der Waals surface area contributed by atoms with Gasteiger partial charge in [-0.25, -0.2) is 9.13 Å². The van der Waals surface area contributed by atoms with Crippen LogP contribution in [0.25, 0.3) is 0 Å². The number of aliphatic hydroxyl groups is 10. The summed E-state index contributed by atoms with van der Waals surface area (Å²) in [5.41, 5.74) is 0. The molecule has 3 amide bonds. The maximum absolute atomic E-state index is 14.0. The van der Waals surface area contributed by atoms with Gasteiger partial charge in [-0.05, 0) is 77.0 Å². The number of aliphatic hydroxyl groups excluding tert-OH is 10. The van der Waals surface area contributed by atoms with Gasteiger partial charge in [0.15, 0.2) is 18.9 Å². The lowest BCUT2D eigenvalue weighted by molar-refractivity contribution is -0.282. The number of ketones is 3. The molecule has 36 heteroatoms. The van der Waals surface area contributed by atoms with Crippen LogP contribution in [0.4, 0.5) is 0 Å². The van der Waals surface area contributed by atoms with Crippen molar-refractivity contribution in [2.75, 3.05) is 86.2 Å². The largest absolute Gasteiger partial charge is 0.472 e. The zero-order chi connectivity index (χ0) is 75.4. The molecule has 34 nitrogen and oxygen atoms in total. The van der Waals surface area contributed by atoms with Gasteiger partial charge < -0.3 is 109 Å². The zero-order valence-electron chi connectivity index (χ0n) is 59.8. The SMILES string of the molecule is CC.COC[C@@H]1C[C@@H](OP(=O)(O)OC[C@@H]2C[C@@H](OP(=O)(O)OC[C@@H]3C[C@@H](O)CN3C(=O)CCCCC(=O)CCCO[C@@H]3OC(CO)[C@H](O)[C@H](O)C3C)CN2C(=O)CCCCC(=O)CCCO[C@@H]2OC(CO)[C@H](O)[C@H](O)C2C)CN1C(=O)CCCCC(=O)CCCO[C@@H]1OC(CO)[C@H](O)[C@H](O)C1C. The summed E-state index contributed by atoms with van der Waals surface area (Å²) in [6, 6.07) is -2.43. The van der Waals surface area contributed by atoms with Crippen molar-refractivity contribution < 1.29 is 150 Å². The summed E-state index contributed by atoms with van der Waals surface area (Å²) in [5, 5.41) is 100. The number of methoxy groups -OCH3 is 1. The minimum Gasteiger partial charge on any atom is -0.394 e. The standard InChI is InChI=1S/C64H111N3O31P2.C2H6/c1-38-56(78)59(81)50(32-68)94-62(38)89-23-11-17-44(71)14-5-8-20-53(75)65-29-47(74)26-41(65)36-92-99(84,85)98-49-28-43(67(31-49)55(77)22-10-7-16-46(73)19-13-25-91-64-40(3)58(80)61(83)52(34-70)96-64)37-93-100(86,87)97-48-27-42(35-88-4)66(30-48)54(76)21-9-6-15-45(72)18-12-24-90-63-39(2)57(79)60(82)51(33-69)95-63;1-2/h38-43,47-52,56-64,68-70,74,78-83H,5-37H2,1-4H3,(H,84,85)(H,86,87);1-2H3/t38?,39?,40?,41-,42-,43-,47+,48+,49+,50?,51?,52?,56+,57+,58+,59-,60-,61-,62+,63+,64+;/m0./s1. The second-order valence-electron chi connectivity index (χ2n) is 27.3. The molecule has 592 valence electrons. The van der Waals surface area contributed by atoms with Gasteiger partial charge in [0.1, 0.15) is 54.0 Å². The normalized spacial score (nSPS) is 33.2. The lowest BCUT2D eigenvalue weighted by Gasteiger charge is -2.40. The zero-order valence-corrected chi connectivity index (χ0v) is 61.6. The van der Waals surface area contributed by atoms with Crippen molar-refractivity contribution in [1.82, 2.24) is 14.7 Å². The van der Waals surface area contributed by atoms with E-state index in [2.05, 4.69) is 0 Å². The van der Waals surface area contributed by atoms with E-state index in [0.717, 1.165) is 0 Å². The first-order chi connectivity index (χ1) is 48.5. The number of unbranched alkanes of at least 4 members (excludes halogenated alkanes) is 3. The molecule has 0 bridgehead atoms. The van der Waals surface area contributed by atoms with Crippen LogP contribution in [-0.2, 0) is 89.2 Å². The molecule has 0 saturated carbocycles. The molecule has 23 atom stereocenters. The Morgan fingerprint density at radius 1 is 0.412 bits per heavy atom. The van der Waals surface area contributed by atoms with Gasteiger partial charge in [-0.2, -0.15) is 0 Å². The fourth-order valence-electron chi connectivity index (χ4n) is 13.4. The van der Waals surface area contributed by atoms with Crippen molar-refractivity contribution in [2.45, 2.75) is 280 Å². The fourth-order valence-corrected chi connectivity index (χ4v) is 15.3. The van der Waals surface area contributed by atoms with Crippen molar-refractivity contribution in [1.29, 1.82) is 0 Å². The summed E-state index contributed by atoms with van der Waals surface area (Å²) in [6.07, 6.45) is -12.6. The van der Waals surface area contributed by atoms with E-state index in [0.29, 0.717) is 44.9 Å². The lowest BCUT2D eigenvalue weighted by Crippen LogP contribution is -2.55. The van der Waals surface area contributed by atoms with Crippen molar-refractivity contribution in [2.24, 2.45) is 17.8 Å². The molecule has 6 rings (SSSR count). The molecule has 0 aromatic heterocycles. The van der Waals surface area contributed by atoms with Gasteiger partial charge in [-0.3, -0.25) is 46.9 Å². The minimum absolute atomic E-state index is 0.00411. The predicted octanol–water partition coefficient (Wildman–Crippen LogP) is 0.831. The number of nitrogens with zero attached hydrogens (tertiary/aromatic N) is 3. The number of Topliss-reactive ketones (excluding diaryl/α,β-unsaturated/α-hetero) is 3. The van der Waals surface area contributed by atoms with Crippen LogP contribution in [0.15, 0.2) is 0 Å². The molecule has 6 aliphatic heterocycles. The molecular formula is C66H117N3O31P2. The van der Waals surface area contributed by atoms with E-state index in [1.54, 1.807) is 20.8 Å². The fraction of sp³-hybridized carbons (Fsp3) is 0.909. The van der Waals surface area contributed by atoms with Gasteiger partial charge in [0.2, 0.25) is 17.7 Å². The van der Waals surface area contributed by atoms with Gasteiger partial charge >= 0.3 is 15.6 Å². The molecule has 0 aromatic rings. The lowest BCUT2D eigenvalue weighted by atomic mass is 9.92. The number of carbonyl (C=O) groups is 6. The number of phosphoric ester groups is 2. The quantitative estimate of drug-likeness (QED) is 0.0297. The van der Waals surface area contributed by atoms with E-state index >= 15 is 0 Å². The number of hydrogen-bond donors (Lipinski definition) is 12. The summed E-state index contributed by atoms with van der Waals surface area (Å²) in [5.74, 6) is -3.24. The minimum atomic E-state index is -5.00. The predicted molar refractivity (Wildman–Crippen MR) is 358 cm³/mol. The highest BCUT2D eigenvalue weighted by atomic mass is 31.2. The Morgan fingerprint density at radius 3 is 1.01 bits per heavy atom. The third-order valence-electron chi connectivity index (χ3n) is 19.4. The van der Waals surface area contributed by atoms with E-state index in [1.165, 1.54) is 21.8 Å². The first-order valence-corrected chi connectivity index (χ1v) is 39.1. The number of β-amino-alcohol motifs (C(OH)–C–C–N with tert-alkyl or cyclic N) is 1. The Bertz CT molecular complexity index is 2630. The van der Waals surface area contributed by atoms with Crippen LogP contribution in [0.2, 0.25) is 0 Å². The molecule has 6 heterocycles.